The van der Waals surface area contributed by atoms with Crippen LogP contribution in [0.4, 0.5) is 28.9 Å². The maximum atomic E-state index is 15.0. The van der Waals surface area contributed by atoms with Gasteiger partial charge in [0.2, 0.25) is 0 Å². The van der Waals surface area contributed by atoms with Crippen LogP contribution in [0.2, 0.25) is 0 Å². The summed E-state index contributed by atoms with van der Waals surface area (Å²) in [5.74, 6) is -1.60. The van der Waals surface area contributed by atoms with Gasteiger partial charge in [-0.05, 0) is 69.2 Å². The van der Waals surface area contributed by atoms with Crippen molar-refractivity contribution in [1.29, 1.82) is 5.26 Å². The van der Waals surface area contributed by atoms with Crippen LogP contribution < -0.4 is 14.5 Å². The molecule has 0 N–H and O–H groups in total. The fourth-order valence-electron chi connectivity index (χ4n) is 4.35. The van der Waals surface area contributed by atoms with Crippen LogP contribution in [0.3, 0.4) is 0 Å². The van der Waals surface area contributed by atoms with Gasteiger partial charge in [0.25, 0.3) is 5.91 Å². The minimum Gasteiger partial charge on any atom is -0.487 e. The molecule has 0 radical (unpaired) electrons. The summed E-state index contributed by atoms with van der Waals surface area (Å²) in [7, 11) is -3.11. The number of alkyl halides is 3. The van der Waals surface area contributed by atoms with Gasteiger partial charge in [-0.25, -0.2) is 12.8 Å². The van der Waals surface area contributed by atoms with E-state index >= 15 is 4.39 Å². The van der Waals surface area contributed by atoms with Gasteiger partial charge in [-0.3, -0.25) is 9.69 Å². The summed E-state index contributed by atoms with van der Waals surface area (Å²) in [5, 5.41) is 8.89. The van der Waals surface area contributed by atoms with Crippen molar-refractivity contribution in [1.82, 2.24) is 0 Å². The van der Waals surface area contributed by atoms with Crippen molar-refractivity contribution >= 4 is 44.4 Å². The van der Waals surface area contributed by atoms with Gasteiger partial charge in [-0.1, -0.05) is 0 Å². The number of halogens is 4. The van der Waals surface area contributed by atoms with Gasteiger partial charge in [0.15, 0.2) is 26.5 Å². The van der Waals surface area contributed by atoms with Crippen LogP contribution in [-0.2, 0) is 20.8 Å². The number of anilines is 2. The van der Waals surface area contributed by atoms with E-state index in [9.17, 15) is 26.4 Å². The normalized spacial score (nSPS) is 19.7. The average molecular weight is 556 g/mol. The van der Waals surface area contributed by atoms with Crippen LogP contribution in [0.1, 0.15) is 37.8 Å². The second kappa shape index (κ2) is 9.25. The second-order valence-corrected chi connectivity index (χ2v) is 11.9. The number of benzene rings is 2. The Kier molecular flexibility index (Phi) is 6.71. The molecule has 2 aromatic carbocycles. The molecule has 0 unspecified atom stereocenters. The van der Waals surface area contributed by atoms with Gasteiger partial charge >= 0.3 is 6.18 Å². The summed E-state index contributed by atoms with van der Waals surface area (Å²) < 4.78 is 84.4. The van der Waals surface area contributed by atoms with E-state index < -0.39 is 50.5 Å². The van der Waals surface area contributed by atoms with Crippen LogP contribution >= 0.6 is 12.2 Å². The minimum atomic E-state index is -4.83. The van der Waals surface area contributed by atoms with E-state index in [-0.39, 0.29) is 46.6 Å². The maximum Gasteiger partial charge on any atom is 0.417 e. The number of thiocarbonyl (C=S) groups is 1. The first-order chi connectivity index (χ1) is 17.2. The molecule has 0 aromatic heterocycles. The molecule has 2 aromatic rings. The molecule has 2 heterocycles. The smallest absolute Gasteiger partial charge is 0.417 e. The van der Waals surface area contributed by atoms with Crippen molar-refractivity contribution in [2.75, 3.05) is 21.3 Å². The lowest BCUT2D eigenvalue weighted by Gasteiger charge is -2.30. The molecule has 0 bridgehead atoms. The van der Waals surface area contributed by atoms with Crippen molar-refractivity contribution < 1.29 is 35.5 Å². The number of hydrogen-bond acceptors (Lipinski definition) is 6. The summed E-state index contributed by atoms with van der Waals surface area (Å²) in [6, 6.07) is 8.23. The zero-order chi connectivity index (χ0) is 27.3. The molecular weight excluding hydrogens is 534 g/mol. The van der Waals surface area contributed by atoms with E-state index in [0.717, 1.165) is 17.0 Å². The lowest BCUT2D eigenvalue weighted by Crippen LogP contribution is -2.44. The molecule has 2 aliphatic rings. The first-order valence-electron chi connectivity index (χ1n) is 11.1. The Bertz CT molecular complexity index is 1420. The van der Waals surface area contributed by atoms with Crippen molar-refractivity contribution in [2.45, 2.75) is 44.5 Å². The molecule has 2 fully saturated rings. The minimum absolute atomic E-state index is 0.0447. The first-order valence-corrected chi connectivity index (χ1v) is 13.4. The highest BCUT2D eigenvalue weighted by Crippen LogP contribution is 2.40. The summed E-state index contributed by atoms with van der Waals surface area (Å²) in [6.45, 7) is 3.00. The fraction of sp³-hybridized carbons (Fsp3) is 0.375. The Labute approximate surface area is 216 Å². The summed E-state index contributed by atoms with van der Waals surface area (Å²) >= 11 is 5.45. The van der Waals surface area contributed by atoms with Crippen LogP contribution in [0, 0.1) is 17.1 Å². The van der Waals surface area contributed by atoms with Crippen molar-refractivity contribution in [3.05, 3.63) is 53.3 Å². The number of carbonyl (C=O) groups is 1. The van der Waals surface area contributed by atoms with Gasteiger partial charge in [-0.15, -0.1) is 0 Å². The highest BCUT2D eigenvalue weighted by molar-refractivity contribution is 7.91. The maximum absolute atomic E-state index is 15.0. The van der Waals surface area contributed by atoms with Gasteiger partial charge in [0, 0.05) is 11.8 Å². The number of carbonyl (C=O) groups excluding carboxylic acids is 1. The van der Waals surface area contributed by atoms with Crippen molar-refractivity contribution in [3.8, 4) is 11.8 Å². The Hall–Kier alpha value is -3.24. The van der Waals surface area contributed by atoms with E-state index in [0.29, 0.717) is 6.07 Å². The van der Waals surface area contributed by atoms with Crippen LogP contribution in [-0.4, -0.2) is 42.6 Å². The topological polar surface area (TPSA) is 90.7 Å². The summed E-state index contributed by atoms with van der Waals surface area (Å²) in [6.07, 6.45) is -4.83. The molecule has 0 atom stereocenters. The fourth-order valence-corrected chi connectivity index (χ4v) is 6.32. The quantitative estimate of drug-likeness (QED) is 0.403. The molecule has 196 valence electrons. The standard InChI is InChI=1S/C24H21F4N3O4S2/c1-23(2)21(32)30(15-4-3-14(13-29)18(11-15)24(26,27)28)22(36)31(23)16-5-6-20(19(25)12-16)35-17-7-9-37(33,34)10-8-17/h3-6,11-12,17H,7-10H2,1-2H3. The van der Waals surface area contributed by atoms with E-state index in [1.807, 2.05) is 0 Å². The largest absolute Gasteiger partial charge is 0.487 e. The third-order valence-corrected chi connectivity index (χ3v) is 8.40. The molecule has 0 aliphatic carbocycles. The number of nitrogens with zero attached hydrogens (tertiary/aromatic N) is 3. The Morgan fingerprint density at radius 3 is 2.30 bits per heavy atom. The Balaban J connectivity index is 1.64. The van der Waals surface area contributed by atoms with Gasteiger partial charge in [0.1, 0.15) is 11.6 Å². The first kappa shape index (κ1) is 26.8. The number of nitriles is 1. The number of hydrogen-bond donors (Lipinski definition) is 0. The van der Waals surface area contributed by atoms with E-state index in [1.165, 1.54) is 43.0 Å². The Morgan fingerprint density at radius 2 is 1.73 bits per heavy atom. The molecule has 2 saturated heterocycles. The molecular formula is C24H21F4N3O4S2. The van der Waals surface area contributed by atoms with E-state index in [4.69, 9.17) is 22.2 Å². The summed E-state index contributed by atoms with van der Waals surface area (Å²) in [5.41, 5.74) is -3.19. The number of rotatable bonds is 4. The van der Waals surface area contributed by atoms with Gasteiger partial charge in [-0.2, -0.15) is 18.4 Å². The number of amides is 1. The summed E-state index contributed by atoms with van der Waals surface area (Å²) in [4.78, 5) is 15.5. The van der Waals surface area contributed by atoms with Crippen LogP contribution in [0.15, 0.2) is 36.4 Å². The van der Waals surface area contributed by atoms with E-state index in [1.54, 1.807) is 0 Å². The second-order valence-electron chi connectivity index (χ2n) is 9.24. The lowest BCUT2D eigenvalue weighted by atomic mass is 10.0. The van der Waals surface area contributed by atoms with Gasteiger partial charge < -0.3 is 9.64 Å². The zero-order valence-electron chi connectivity index (χ0n) is 19.7. The van der Waals surface area contributed by atoms with Crippen LogP contribution in [0.5, 0.6) is 5.75 Å². The molecule has 37 heavy (non-hydrogen) atoms. The average Bonchev–Trinajstić information content (AvgIpc) is 2.99. The third-order valence-electron chi connectivity index (χ3n) is 6.32. The molecule has 7 nitrogen and oxygen atoms in total. The van der Waals surface area contributed by atoms with Crippen molar-refractivity contribution in [3.63, 3.8) is 0 Å². The van der Waals surface area contributed by atoms with E-state index in [2.05, 4.69) is 0 Å². The Morgan fingerprint density at radius 1 is 1.11 bits per heavy atom. The zero-order valence-corrected chi connectivity index (χ0v) is 21.3. The predicted molar refractivity (Wildman–Crippen MR) is 132 cm³/mol. The third kappa shape index (κ3) is 5.00. The molecule has 4 rings (SSSR count). The molecule has 1 amide bonds. The molecule has 0 saturated carbocycles. The molecule has 0 spiro atoms. The lowest BCUT2D eigenvalue weighted by molar-refractivity contribution is -0.137. The molecule has 2 aliphatic heterocycles. The molecule has 13 heteroatoms. The highest BCUT2D eigenvalue weighted by atomic mass is 32.2. The van der Waals surface area contributed by atoms with Crippen LogP contribution in [0.25, 0.3) is 0 Å². The predicted octanol–water partition coefficient (Wildman–Crippen LogP) is 4.59. The monoisotopic (exact) mass is 555 g/mol. The SMILES string of the molecule is CC1(C)C(=O)N(c2ccc(C#N)c(C(F)(F)F)c2)C(=S)N1c1ccc(OC2CCS(=O)(=O)CC2)c(F)c1. The highest BCUT2D eigenvalue weighted by Gasteiger charge is 2.51. The van der Waals surface area contributed by atoms with Gasteiger partial charge in [0.05, 0.1) is 34.4 Å². The number of sulfone groups is 1. The van der Waals surface area contributed by atoms with Crippen molar-refractivity contribution in [2.24, 2.45) is 0 Å². The number of ether oxygens (including phenoxy) is 1.